The van der Waals surface area contributed by atoms with Gasteiger partial charge in [0, 0.05) is 6.42 Å². The summed E-state index contributed by atoms with van der Waals surface area (Å²) >= 11 is 0. The number of cyclic esters (lactones) is 4. The number of carbonyl (C=O) groups is 6. The smallest absolute Gasteiger partial charge is 0.318 e. The van der Waals surface area contributed by atoms with Crippen LogP contribution in [0.5, 0.6) is 0 Å². The van der Waals surface area contributed by atoms with Crippen LogP contribution < -0.4 is 0 Å². The molecular weight excluding hydrogens is 725 g/mol. The number of hydrogen-bond donors (Lipinski definition) is 2. The maximum atomic E-state index is 14.4. The van der Waals surface area contributed by atoms with E-state index in [-0.39, 0.29) is 77.5 Å². The number of carboxylic acid groups (broad SMARTS) is 2. The van der Waals surface area contributed by atoms with Crippen LogP contribution in [0, 0.1) is 81.3 Å². The van der Waals surface area contributed by atoms with E-state index in [4.69, 9.17) is 14.6 Å². The third-order valence-corrected chi connectivity index (χ3v) is 16.9. The summed E-state index contributed by atoms with van der Waals surface area (Å²) in [7, 11) is 0. The minimum atomic E-state index is -0.853. The van der Waals surface area contributed by atoms with Gasteiger partial charge < -0.3 is 19.7 Å². The highest BCUT2D eigenvalue weighted by Crippen LogP contribution is 2.76. The van der Waals surface area contributed by atoms with Gasteiger partial charge in [-0.15, -0.1) is 0 Å². The van der Waals surface area contributed by atoms with Crippen molar-refractivity contribution in [3.05, 3.63) is 12.2 Å². The van der Waals surface area contributed by atoms with Gasteiger partial charge in [0.25, 0.3) is 0 Å². The van der Waals surface area contributed by atoms with Gasteiger partial charge in [0.05, 0.1) is 29.6 Å². The first kappa shape index (κ1) is 43.5. The quantitative estimate of drug-likeness (QED) is 0.0558. The molecule has 7 fully saturated rings. The molecule has 7 rings (SSSR count). The van der Waals surface area contributed by atoms with Crippen molar-refractivity contribution in [3.63, 3.8) is 0 Å². The Hall–Kier alpha value is -3.04. The molecule has 13 unspecified atom stereocenters. The normalized spacial score (nSPS) is 38.4. The molecule has 1 spiro atoms. The van der Waals surface area contributed by atoms with Crippen molar-refractivity contribution >= 4 is 35.8 Å². The van der Waals surface area contributed by atoms with Crippen LogP contribution in [0.2, 0.25) is 0 Å². The van der Waals surface area contributed by atoms with Crippen LogP contribution in [-0.2, 0) is 38.2 Å². The number of esters is 4. The molecule has 10 heteroatoms. The molecule has 2 bridgehead atoms. The van der Waals surface area contributed by atoms with Crippen molar-refractivity contribution in [2.24, 2.45) is 81.3 Å². The summed E-state index contributed by atoms with van der Waals surface area (Å²) in [6.07, 6.45) is 19.9. The number of unbranched alkanes of at least 4 members (excludes halogenated alkanes) is 6. The predicted molar refractivity (Wildman–Crippen MR) is 213 cm³/mol. The van der Waals surface area contributed by atoms with Crippen molar-refractivity contribution in [3.8, 4) is 0 Å². The highest BCUT2D eigenvalue weighted by atomic mass is 16.6. The van der Waals surface area contributed by atoms with Gasteiger partial charge in [-0.3, -0.25) is 28.8 Å². The van der Waals surface area contributed by atoms with Gasteiger partial charge in [-0.25, -0.2) is 0 Å². The monoisotopic (exact) mass is 794 g/mol. The number of hydrogen-bond acceptors (Lipinski definition) is 8. The summed E-state index contributed by atoms with van der Waals surface area (Å²) in [4.78, 5) is 77.8. The number of aliphatic carboxylic acids is 2. The standard InChI is InChI=1S/C47H70O10/c1-6-7-12-16-29(32-27-38(50)56-41(32)51)19-20-30(17-13-10-8-9-11-14-18-37(48)49)34-25-31(28(2)3)33-26-36-45(4)22-15-23-46(5,44(54)55)35(45)21-24-47(34,36)40-39(33)42(52)57-43(40)53/h12,16,28-36,39-40H,6-11,13-15,17-27H2,1-5H3,(H,48,49)(H,54,55)/b16-12+. The fraction of sp³-hybridized carbons (Fsp3) is 0.830. The summed E-state index contributed by atoms with van der Waals surface area (Å²) in [6.45, 7) is 10.9. The Labute approximate surface area is 340 Å². The molecule has 0 aromatic rings. The van der Waals surface area contributed by atoms with Crippen LogP contribution >= 0.6 is 0 Å². The first-order chi connectivity index (χ1) is 27.1. The zero-order chi connectivity index (χ0) is 41.3. The topological polar surface area (TPSA) is 161 Å². The van der Waals surface area contributed by atoms with Crippen LogP contribution in [0.4, 0.5) is 0 Å². The Balaban J connectivity index is 1.41. The molecule has 318 valence electrons. The third kappa shape index (κ3) is 8.14. The summed E-state index contributed by atoms with van der Waals surface area (Å²) in [5.41, 5.74) is -1.69. The van der Waals surface area contributed by atoms with E-state index in [1.165, 1.54) is 0 Å². The predicted octanol–water partition coefficient (Wildman–Crippen LogP) is 9.57. The molecule has 0 aromatic carbocycles. The molecule has 5 saturated carbocycles. The van der Waals surface area contributed by atoms with Crippen molar-refractivity contribution in [1.82, 2.24) is 0 Å². The van der Waals surface area contributed by atoms with Gasteiger partial charge in [-0.2, -0.15) is 0 Å². The van der Waals surface area contributed by atoms with Crippen molar-refractivity contribution < 1.29 is 48.5 Å². The van der Waals surface area contributed by atoms with E-state index < -0.39 is 52.5 Å². The lowest BCUT2D eigenvalue weighted by atomic mass is 9.35. The molecule has 13 atom stereocenters. The first-order valence-corrected chi connectivity index (χ1v) is 22.7. The second-order valence-electron chi connectivity index (χ2n) is 20.1. The minimum Gasteiger partial charge on any atom is -0.481 e. The van der Waals surface area contributed by atoms with Crippen LogP contribution in [0.25, 0.3) is 0 Å². The number of carbonyl (C=O) groups excluding carboxylic acids is 4. The van der Waals surface area contributed by atoms with Crippen LogP contribution in [-0.4, -0.2) is 46.0 Å². The molecule has 10 nitrogen and oxygen atoms in total. The lowest BCUT2D eigenvalue weighted by Gasteiger charge is -2.67. The summed E-state index contributed by atoms with van der Waals surface area (Å²) in [5.74, 6) is -4.08. The van der Waals surface area contributed by atoms with Gasteiger partial charge in [0.15, 0.2) is 0 Å². The molecule has 2 aliphatic heterocycles. The summed E-state index contributed by atoms with van der Waals surface area (Å²) in [5, 5.41) is 19.8. The highest BCUT2D eigenvalue weighted by Gasteiger charge is 2.75. The Morgan fingerprint density at radius 3 is 2.21 bits per heavy atom. The molecule has 7 aliphatic rings. The largest absolute Gasteiger partial charge is 0.481 e. The van der Waals surface area contributed by atoms with E-state index in [9.17, 15) is 33.9 Å². The molecule has 0 radical (unpaired) electrons. The Morgan fingerprint density at radius 2 is 1.56 bits per heavy atom. The minimum absolute atomic E-state index is 0.0129. The molecule has 57 heavy (non-hydrogen) atoms. The van der Waals surface area contributed by atoms with Gasteiger partial charge >= 0.3 is 35.8 Å². The van der Waals surface area contributed by atoms with Crippen molar-refractivity contribution in [1.29, 1.82) is 0 Å². The van der Waals surface area contributed by atoms with E-state index in [0.29, 0.717) is 32.1 Å². The average molecular weight is 795 g/mol. The van der Waals surface area contributed by atoms with Gasteiger partial charge in [-0.05, 0) is 129 Å². The summed E-state index contributed by atoms with van der Waals surface area (Å²) in [6, 6.07) is 0. The Bertz CT molecular complexity index is 1570. The van der Waals surface area contributed by atoms with E-state index in [0.717, 1.165) is 83.5 Å². The third-order valence-electron chi connectivity index (χ3n) is 16.9. The van der Waals surface area contributed by atoms with Crippen LogP contribution in [0.3, 0.4) is 0 Å². The molecule has 2 N–H and O–H groups in total. The Kier molecular flexibility index (Phi) is 13.5. The average Bonchev–Trinajstić information content (AvgIpc) is 3.55. The van der Waals surface area contributed by atoms with Crippen LogP contribution in [0.15, 0.2) is 12.2 Å². The zero-order valence-electron chi connectivity index (χ0n) is 35.3. The SMILES string of the molecule is CCC/C=C/C(CCC(CCCCCCCCC(=O)O)C1CC(C(C)C)C2CC3C4(C)CCCC(C)(C(=O)O)C4CCC13C1C(=O)OC(=O)C21)C1CC(=O)OC1=O. The van der Waals surface area contributed by atoms with E-state index in [1.807, 2.05) is 6.92 Å². The maximum absolute atomic E-state index is 14.4. The zero-order valence-corrected chi connectivity index (χ0v) is 35.3. The number of rotatable bonds is 19. The molecule has 0 aromatic heterocycles. The van der Waals surface area contributed by atoms with Gasteiger partial charge in [-0.1, -0.05) is 91.2 Å². The van der Waals surface area contributed by atoms with Gasteiger partial charge in [0.2, 0.25) is 0 Å². The number of allylic oxidation sites excluding steroid dienone is 2. The van der Waals surface area contributed by atoms with Gasteiger partial charge in [0.1, 0.15) is 0 Å². The van der Waals surface area contributed by atoms with Crippen molar-refractivity contribution in [2.75, 3.05) is 0 Å². The molecule has 2 heterocycles. The highest BCUT2D eigenvalue weighted by molar-refractivity contribution is 5.97. The first-order valence-electron chi connectivity index (χ1n) is 22.7. The number of ether oxygens (including phenoxy) is 2. The van der Waals surface area contributed by atoms with Crippen molar-refractivity contribution in [2.45, 2.75) is 163 Å². The number of carboxylic acids is 2. The fourth-order valence-electron chi connectivity index (χ4n) is 14.4. The van der Waals surface area contributed by atoms with E-state index in [2.05, 4.69) is 39.8 Å². The fourth-order valence-corrected chi connectivity index (χ4v) is 14.4. The Morgan fingerprint density at radius 1 is 0.842 bits per heavy atom. The van der Waals surface area contributed by atoms with E-state index >= 15 is 0 Å². The van der Waals surface area contributed by atoms with Crippen LogP contribution in [0.1, 0.15) is 163 Å². The molecule has 0 amide bonds. The second-order valence-corrected chi connectivity index (χ2v) is 20.1. The lowest BCUT2D eigenvalue weighted by Crippen LogP contribution is -2.65. The lowest BCUT2D eigenvalue weighted by molar-refractivity contribution is -0.215. The summed E-state index contributed by atoms with van der Waals surface area (Å²) < 4.78 is 10.8. The van der Waals surface area contributed by atoms with E-state index in [1.54, 1.807) is 0 Å². The molecule has 5 aliphatic carbocycles. The number of fused-ring (bicyclic) bond motifs is 3. The molecule has 2 saturated heterocycles. The maximum Gasteiger partial charge on any atom is 0.318 e. The molecular formula is C47H70O10. The second kappa shape index (κ2) is 17.7.